The Balaban J connectivity index is 1.42. The van der Waals surface area contributed by atoms with Crippen LogP contribution in [0.3, 0.4) is 0 Å². The molecule has 0 saturated carbocycles. The number of hydrogen-bond donors (Lipinski definition) is 1. The fourth-order valence-corrected chi connectivity index (χ4v) is 3.82. The molecule has 4 rings (SSSR count). The molecule has 3 aromatic carbocycles. The molecule has 6 heteroatoms. The second-order valence-corrected chi connectivity index (χ2v) is 7.90. The fraction of sp³-hybridized carbons (Fsp3) is 0.0435. The summed E-state index contributed by atoms with van der Waals surface area (Å²) >= 11 is 3.05. The van der Waals surface area contributed by atoms with Crippen molar-refractivity contribution in [3.05, 3.63) is 89.8 Å². The summed E-state index contributed by atoms with van der Waals surface area (Å²) in [4.78, 5) is 18.1. The minimum absolute atomic E-state index is 0.162. The Hall–Kier alpha value is -3.09. The lowest BCUT2D eigenvalue weighted by atomic mass is 10.2. The number of benzene rings is 3. The Labute approximate surface area is 177 Å². The van der Waals surface area contributed by atoms with Crippen LogP contribution in [0.15, 0.2) is 89.1 Å². The molecule has 29 heavy (non-hydrogen) atoms. The fourth-order valence-electron chi connectivity index (χ4n) is 2.69. The average Bonchev–Trinajstić information content (AvgIpc) is 3.23. The molecule has 0 bridgehead atoms. The monoisotopic (exact) mass is 418 g/mol. The summed E-state index contributed by atoms with van der Waals surface area (Å²) in [6.45, 7) is 0. The van der Waals surface area contributed by atoms with Crippen LogP contribution in [0.4, 0.5) is 5.13 Å². The maximum Gasteiger partial charge on any atom is 0.257 e. The van der Waals surface area contributed by atoms with Gasteiger partial charge in [0.1, 0.15) is 11.5 Å². The van der Waals surface area contributed by atoms with E-state index in [1.807, 2.05) is 90.5 Å². The molecule has 0 saturated heterocycles. The largest absolute Gasteiger partial charge is 0.457 e. The van der Waals surface area contributed by atoms with Crippen LogP contribution in [-0.4, -0.2) is 17.1 Å². The standard InChI is InChI=1S/C23H18N2O2S2/c1-28-20-13-9-17(10-14-20)22(26)25-23-24-21(15-29-23)16-7-11-19(12-8-16)27-18-5-3-2-4-6-18/h2-15H,1H3,(H,24,25,26). The molecule has 0 atom stereocenters. The molecule has 1 aromatic heterocycles. The van der Waals surface area contributed by atoms with Crippen molar-refractivity contribution in [1.82, 2.24) is 4.98 Å². The Morgan fingerprint density at radius 2 is 1.62 bits per heavy atom. The summed E-state index contributed by atoms with van der Waals surface area (Å²) in [6, 6.07) is 24.9. The molecule has 0 radical (unpaired) electrons. The van der Waals surface area contributed by atoms with Crippen LogP contribution >= 0.6 is 23.1 Å². The van der Waals surface area contributed by atoms with Crippen LogP contribution in [0, 0.1) is 0 Å². The van der Waals surface area contributed by atoms with Gasteiger partial charge in [0.15, 0.2) is 5.13 Å². The molecule has 0 fully saturated rings. The van der Waals surface area contributed by atoms with Crippen LogP contribution in [0.5, 0.6) is 11.5 Å². The van der Waals surface area contributed by atoms with E-state index in [1.54, 1.807) is 11.8 Å². The quantitative estimate of drug-likeness (QED) is 0.360. The zero-order valence-corrected chi connectivity index (χ0v) is 17.3. The summed E-state index contributed by atoms with van der Waals surface area (Å²) in [5.41, 5.74) is 2.39. The lowest BCUT2D eigenvalue weighted by molar-refractivity contribution is 0.102. The Bertz CT molecular complexity index is 1090. The second-order valence-electron chi connectivity index (χ2n) is 6.16. The number of nitrogens with zero attached hydrogens (tertiary/aromatic N) is 1. The zero-order chi connectivity index (χ0) is 20.1. The number of rotatable bonds is 6. The molecule has 1 N–H and O–H groups in total. The highest BCUT2D eigenvalue weighted by atomic mass is 32.2. The number of ether oxygens (including phenoxy) is 1. The van der Waals surface area contributed by atoms with E-state index >= 15 is 0 Å². The van der Waals surface area contributed by atoms with E-state index < -0.39 is 0 Å². The van der Waals surface area contributed by atoms with Gasteiger partial charge in [-0.1, -0.05) is 18.2 Å². The highest BCUT2D eigenvalue weighted by Gasteiger charge is 2.10. The molecule has 144 valence electrons. The topological polar surface area (TPSA) is 51.2 Å². The van der Waals surface area contributed by atoms with Gasteiger partial charge in [-0.05, 0) is 66.9 Å². The number of thiazole rings is 1. The predicted molar refractivity (Wildman–Crippen MR) is 120 cm³/mol. The first kappa shape index (κ1) is 19.2. The SMILES string of the molecule is CSc1ccc(C(=O)Nc2nc(-c3ccc(Oc4ccccc4)cc3)cs2)cc1. The highest BCUT2D eigenvalue weighted by molar-refractivity contribution is 7.98. The Kier molecular flexibility index (Phi) is 5.93. The molecule has 4 nitrogen and oxygen atoms in total. The number of amides is 1. The zero-order valence-electron chi connectivity index (χ0n) is 15.7. The highest BCUT2D eigenvalue weighted by Crippen LogP contribution is 2.28. The second kappa shape index (κ2) is 8.94. The van der Waals surface area contributed by atoms with Crippen molar-refractivity contribution in [2.75, 3.05) is 11.6 Å². The molecule has 0 spiro atoms. The van der Waals surface area contributed by atoms with E-state index in [-0.39, 0.29) is 5.91 Å². The third kappa shape index (κ3) is 4.85. The Morgan fingerprint density at radius 3 is 2.31 bits per heavy atom. The summed E-state index contributed by atoms with van der Waals surface area (Å²) in [6.07, 6.45) is 2.01. The van der Waals surface area contributed by atoms with Crippen LogP contribution in [-0.2, 0) is 0 Å². The minimum Gasteiger partial charge on any atom is -0.457 e. The van der Waals surface area contributed by atoms with Gasteiger partial charge in [0, 0.05) is 21.4 Å². The normalized spacial score (nSPS) is 10.5. The number of carbonyl (C=O) groups is 1. The van der Waals surface area contributed by atoms with Gasteiger partial charge in [-0.3, -0.25) is 10.1 Å². The molecule has 1 heterocycles. The van der Waals surface area contributed by atoms with Gasteiger partial charge in [-0.2, -0.15) is 0 Å². The number of para-hydroxylation sites is 1. The summed E-state index contributed by atoms with van der Waals surface area (Å²) in [5, 5.41) is 5.37. The van der Waals surface area contributed by atoms with Crippen LogP contribution < -0.4 is 10.1 Å². The molecule has 0 aliphatic carbocycles. The molecule has 0 unspecified atom stereocenters. The van der Waals surface area contributed by atoms with E-state index in [1.165, 1.54) is 11.3 Å². The molecule has 1 amide bonds. The van der Waals surface area contributed by atoms with Crippen molar-refractivity contribution < 1.29 is 9.53 Å². The maximum absolute atomic E-state index is 12.4. The number of hydrogen-bond acceptors (Lipinski definition) is 5. The summed E-state index contributed by atoms with van der Waals surface area (Å²) < 4.78 is 5.82. The molecule has 0 aliphatic rings. The number of carbonyl (C=O) groups excluding carboxylic acids is 1. The molecule has 4 aromatic rings. The van der Waals surface area contributed by atoms with Crippen LogP contribution in [0.1, 0.15) is 10.4 Å². The third-order valence-corrected chi connectivity index (χ3v) is 5.71. The number of anilines is 1. The average molecular weight is 419 g/mol. The first-order valence-corrected chi connectivity index (χ1v) is 11.1. The lowest BCUT2D eigenvalue weighted by Gasteiger charge is -2.06. The van der Waals surface area contributed by atoms with E-state index in [0.29, 0.717) is 10.7 Å². The van der Waals surface area contributed by atoms with E-state index in [9.17, 15) is 4.79 Å². The molecule has 0 aliphatic heterocycles. The van der Waals surface area contributed by atoms with Crippen molar-refractivity contribution in [2.24, 2.45) is 0 Å². The van der Waals surface area contributed by atoms with Gasteiger partial charge in [-0.15, -0.1) is 23.1 Å². The van der Waals surface area contributed by atoms with Gasteiger partial charge in [-0.25, -0.2) is 4.98 Å². The lowest BCUT2D eigenvalue weighted by Crippen LogP contribution is -2.11. The van der Waals surface area contributed by atoms with Gasteiger partial charge in [0.25, 0.3) is 5.91 Å². The van der Waals surface area contributed by atoms with Crippen molar-refractivity contribution in [3.8, 4) is 22.8 Å². The summed E-state index contributed by atoms with van der Waals surface area (Å²) in [5.74, 6) is 1.40. The van der Waals surface area contributed by atoms with Gasteiger partial charge in [0.2, 0.25) is 0 Å². The van der Waals surface area contributed by atoms with Gasteiger partial charge >= 0.3 is 0 Å². The minimum atomic E-state index is -0.162. The third-order valence-electron chi connectivity index (χ3n) is 4.21. The first-order valence-electron chi connectivity index (χ1n) is 8.95. The predicted octanol–water partition coefficient (Wildman–Crippen LogP) is 6.58. The van der Waals surface area contributed by atoms with Crippen LogP contribution in [0.2, 0.25) is 0 Å². The van der Waals surface area contributed by atoms with E-state index in [2.05, 4.69) is 10.3 Å². The molecular weight excluding hydrogens is 400 g/mol. The summed E-state index contributed by atoms with van der Waals surface area (Å²) in [7, 11) is 0. The van der Waals surface area contributed by atoms with Crippen molar-refractivity contribution in [2.45, 2.75) is 4.90 Å². The van der Waals surface area contributed by atoms with Gasteiger partial charge < -0.3 is 4.74 Å². The van der Waals surface area contributed by atoms with E-state index in [4.69, 9.17) is 4.74 Å². The number of aromatic nitrogens is 1. The van der Waals surface area contributed by atoms with Crippen LogP contribution in [0.25, 0.3) is 11.3 Å². The molecular formula is C23H18N2O2S2. The number of thioether (sulfide) groups is 1. The van der Waals surface area contributed by atoms with E-state index in [0.717, 1.165) is 27.7 Å². The Morgan fingerprint density at radius 1 is 0.931 bits per heavy atom. The first-order chi connectivity index (χ1) is 14.2. The maximum atomic E-state index is 12.4. The smallest absolute Gasteiger partial charge is 0.257 e. The van der Waals surface area contributed by atoms with Crippen molar-refractivity contribution in [3.63, 3.8) is 0 Å². The number of nitrogens with one attached hydrogen (secondary N) is 1. The van der Waals surface area contributed by atoms with Crippen molar-refractivity contribution >= 4 is 34.1 Å². The van der Waals surface area contributed by atoms with Gasteiger partial charge in [0.05, 0.1) is 5.69 Å². The van der Waals surface area contributed by atoms with Crippen molar-refractivity contribution in [1.29, 1.82) is 0 Å².